The van der Waals surface area contributed by atoms with E-state index in [1.165, 1.54) is 28.8 Å². The zero-order chi connectivity index (χ0) is 29.4. The van der Waals surface area contributed by atoms with Crippen molar-refractivity contribution in [3.8, 4) is 0 Å². The maximum Gasteiger partial charge on any atom is 0.264 e. The van der Waals surface area contributed by atoms with E-state index >= 15 is 0 Å². The Morgan fingerprint density at radius 1 is 0.975 bits per heavy atom. The molecule has 3 rings (SSSR count). The van der Waals surface area contributed by atoms with Crippen LogP contribution in [-0.4, -0.2) is 50.5 Å². The van der Waals surface area contributed by atoms with Crippen molar-refractivity contribution in [3.05, 3.63) is 87.9 Å². The fourth-order valence-corrected chi connectivity index (χ4v) is 6.29. The van der Waals surface area contributed by atoms with Gasteiger partial charge in [-0.25, -0.2) is 8.42 Å². The lowest BCUT2D eigenvalue weighted by molar-refractivity contribution is -0.139. The number of thioether (sulfide) groups is 1. The fraction of sp³-hybridized carbons (Fsp3) is 0.310. The summed E-state index contributed by atoms with van der Waals surface area (Å²) in [6, 6.07) is 17.4. The molecule has 0 aliphatic rings. The minimum absolute atomic E-state index is 0.0492. The van der Waals surface area contributed by atoms with Crippen LogP contribution in [0.3, 0.4) is 0 Å². The number of aryl methyl sites for hydroxylation is 1. The van der Waals surface area contributed by atoms with Crippen molar-refractivity contribution < 1.29 is 18.0 Å². The van der Waals surface area contributed by atoms with Gasteiger partial charge in [0, 0.05) is 33.6 Å². The third-order valence-corrected chi connectivity index (χ3v) is 9.59. The molecule has 40 heavy (non-hydrogen) atoms. The van der Waals surface area contributed by atoms with Crippen molar-refractivity contribution in [2.24, 2.45) is 0 Å². The van der Waals surface area contributed by atoms with Gasteiger partial charge in [-0.1, -0.05) is 53.9 Å². The van der Waals surface area contributed by atoms with E-state index in [0.717, 1.165) is 21.2 Å². The van der Waals surface area contributed by atoms with E-state index < -0.39 is 28.5 Å². The molecular weight excluding hydrogens is 589 g/mol. The molecule has 0 saturated heterocycles. The van der Waals surface area contributed by atoms with E-state index in [1.54, 1.807) is 61.5 Å². The Balaban J connectivity index is 2.05. The molecule has 0 radical (unpaired) electrons. The average molecular weight is 623 g/mol. The highest BCUT2D eigenvalue weighted by Gasteiger charge is 2.33. The summed E-state index contributed by atoms with van der Waals surface area (Å²) in [6.45, 7) is 5.23. The van der Waals surface area contributed by atoms with Crippen LogP contribution in [0, 0.1) is 6.92 Å². The zero-order valence-electron chi connectivity index (χ0n) is 22.9. The second kappa shape index (κ2) is 14.3. The number of benzene rings is 3. The van der Waals surface area contributed by atoms with Gasteiger partial charge in [0.1, 0.15) is 12.6 Å². The third kappa shape index (κ3) is 7.72. The molecule has 0 unspecified atom stereocenters. The van der Waals surface area contributed by atoms with Crippen LogP contribution in [0.1, 0.15) is 31.4 Å². The largest absolute Gasteiger partial charge is 0.354 e. The molecule has 3 aromatic rings. The van der Waals surface area contributed by atoms with Gasteiger partial charge >= 0.3 is 0 Å². The number of anilines is 1. The van der Waals surface area contributed by atoms with Gasteiger partial charge in [0.2, 0.25) is 11.8 Å². The molecule has 1 atom stereocenters. The number of nitrogens with one attached hydrogen (secondary N) is 1. The van der Waals surface area contributed by atoms with Crippen LogP contribution in [0.5, 0.6) is 0 Å². The van der Waals surface area contributed by atoms with Crippen molar-refractivity contribution in [2.45, 2.75) is 49.6 Å². The third-order valence-electron chi connectivity index (χ3n) is 6.35. The summed E-state index contributed by atoms with van der Waals surface area (Å²) in [5.74, 6) is -0.948. The van der Waals surface area contributed by atoms with Gasteiger partial charge in [-0.2, -0.15) is 0 Å². The summed E-state index contributed by atoms with van der Waals surface area (Å²) in [4.78, 5) is 29.2. The van der Waals surface area contributed by atoms with Crippen molar-refractivity contribution in [1.29, 1.82) is 0 Å². The van der Waals surface area contributed by atoms with E-state index in [2.05, 4.69) is 5.32 Å². The molecule has 1 N–H and O–H groups in total. The molecule has 0 spiro atoms. The van der Waals surface area contributed by atoms with Crippen molar-refractivity contribution in [3.63, 3.8) is 0 Å². The first-order valence-electron chi connectivity index (χ1n) is 12.7. The second-order valence-electron chi connectivity index (χ2n) is 9.21. The normalized spacial score (nSPS) is 12.1. The second-order valence-corrected chi connectivity index (χ2v) is 12.8. The average Bonchev–Trinajstić information content (AvgIpc) is 2.94. The smallest absolute Gasteiger partial charge is 0.264 e. The first-order valence-corrected chi connectivity index (χ1v) is 16.1. The highest BCUT2D eigenvalue weighted by molar-refractivity contribution is 7.98. The molecule has 0 aliphatic heterocycles. The monoisotopic (exact) mass is 621 g/mol. The molecule has 11 heteroatoms. The van der Waals surface area contributed by atoms with Crippen LogP contribution < -0.4 is 9.62 Å². The minimum atomic E-state index is -4.15. The maximum absolute atomic E-state index is 14.0. The van der Waals surface area contributed by atoms with Crippen LogP contribution >= 0.6 is 35.0 Å². The molecule has 0 aromatic heterocycles. The Labute approximate surface area is 250 Å². The molecule has 7 nitrogen and oxygen atoms in total. The van der Waals surface area contributed by atoms with Gasteiger partial charge < -0.3 is 10.2 Å². The van der Waals surface area contributed by atoms with Gasteiger partial charge in [0.15, 0.2) is 0 Å². The predicted molar refractivity (Wildman–Crippen MR) is 164 cm³/mol. The number of amides is 2. The summed E-state index contributed by atoms with van der Waals surface area (Å²) in [7, 11) is -4.15. The summed E-state index contributed by atoms with van der Waals surface area (Å²) in [5, 5.41) is 3.48. The van der Waals surface area contributed by atoms with Crippen molar-refractivity contribution >= 4 is 62.5 Å². The Morgan fingerprint density at radius 3 is 2.12 bits per heavy atom. The van der Waals surface area contributed by atoms with Crippen molar-refractivity contribution in [2.75, 3.05) is 23.7 Å². The molecule has 0 aliphatic carbocycles. The minimum Gasteiger partial charge on any atom is -0.354 e. The standard InChI is InChI=1S/C29H33Cl2N3O4S2/c1-5-17-32-29(36)21(3)33(18-25-26(30)7-6-8-27(25)31)28(35)19-34(22-11-9-20(2)10-12-22)40(37,38)24-15-13-23(39-4)14-16-24/h6-16,21H,5,17-19H2,1-4H3,(H,32,36)/t21-/m0/s1. The van der Waals surface area contributed by atoms with Gasteiger partial charge in [-0.3, -0.25) is 13.9 Å². The Morgan fingerprint density at radius 2 is 1.57 bits per heavy atom. The highest BCUT2D eigenvalue weighted by atomic mass is 35.5. The number of halogens is 2. The number of nitrogens with zero attached hydrogens (tertiary/aromatic N) is 2. The van der Waals surface area contributed by atoms with Gasteiger partial charge in [-0.15, -0.1) is 11.8 Å². The number of hydrogen-bond acceptors (Lipinski definition) is 5. The lowest BCUT2D eigenvalue weighted by Crippen LogP contribution is -2.51. The Bertz CT molecular complexity index is 1410. The van der Waals surface area contributed by atoms with Gasteiger partial charge in [-0.05, 0) is 75.1 Å². The summed E-state index contributed by atoms with van der Waals surface area (Å²) in [5.41, 5.74) is 1.73. The molecule has 0 bridgehead atoms. The number of sulfonamides is 1. The topological polar surface area (TPSA) is 86.8 Å². The molecular formula is C29H33Cl2N3O4S2. The molecule has 0 fully saturated rings. The first kappa shape index (κ1) is 31.8. The highest BCUT2D eigenvalue weighted by Crippen LogP contribution is 2.29. The lowest BCUT2D eigenvalue weighted by Gasteiger charge is -2.32. The van der Waals surface area contributed by atoms with Crippen LogP contribution in [0.2, 0.25) is 10.0 Å². The van der Waals surface area contributed by atoms with Crippen LogP contribution in [-0.2, 0) is 26.2 Å². The number of rotatable bonds is 12. The molecule has 2 amide bonds. The quantitative estimate of drug-likeness (QED) is 0.245. The van der Waals surface area contributed by atoms with E-state index in [0.29, 0.717) is 27.8 Å². The lowest BCUT2D eigenvalue weighted by atomic mass is 10.1. The fourth-order valence-electron chi connectivity index (χ4n) is 3.95. The van der Waals surface area contributed by atoms with E-state index in [1.807, 2.05) is 20.1 Å². The summed E-state index contributed by atoms with van der Waals surface area (Å²) >= 11 is 14.3. The van der Waals surface area contributed by atoms with E-state index in [9.17, 15) is 18.0 Å². The number of carbonyl (C=O) groups excluding carboxylic acids is 2. The van der Waals surface area contributed by atoms with Crippen LogP contribution in [0.15, 0.2) is 76.5 Å². The number of hydrogen-bond donors (Lipinski definition) is 1. The van der Waals surface area contributed by atoms with Crippen LogP contribution in [0.4, 0.5) is 5.69 Å². The van der Waals surface area contributed by atoms with E-state index in [-0.39, 0.29) is 17.3 Å². The molecule has 0 heterocycles. The van der Waals surface area contributed by atoms with Crippen LogP contribution in [0.25, 0.3) is 0 Å². The van der Waals surface area contributed by atoms with E-state index in [4.69, 9.17) is 23.2 Å². The summed E-state index contributed by atoms with van der Waals surface area (Å²) in [6.07, 6.45) is 2.62. The maximum atomic E-state index is 14.0. The van der Waals surface area contributed by atoms with Gasteiger partial charge in [0.25, 0.3) is 10.0 Å². The van der Waals surface area contributed by atoms with Gasteiger partial charge in [0.05, 0.1) is 10.6 Å². The summed E-state index contributed by atoms with van der Waals surface area (Å²) < 4.78 is 28.9. The zero-order valence-corrected chi connectivity index (χ0v) is 26.0. The Kier molecular flexibility index (Phi) is 11.3. The number of carbonyl (C=O) groups is 2. The first-order chi connectivity index (χ1) is 19.0. The molecule has 214 valence electrons. The Hall–Kier alpha value is -2.72. The molecule has 0 saturated carbocycles. The van der Waals surface area contributed by atoms with Crippen molar-refractivity contribution in [1.82, 2.24) is 10.2 Å². The predicted octanol–water partition coefficient (Wildman–Crippen LogP) is 6.16. The SMILES string of the molecule is CCCNC(=O)[C@H](C)N(Cc1c(Cl)cccc1Cl)C(=O)CN(c1ccc(C)cc1)S(=O)(=O)c1ccc(SC)cc1. The molecule has 3 aromatic carbocycles.